The molecule has 0 aromatic rings. The number of azide groups is 1. The number of amides is 4. The van der Waals surface area contributed by atoms with Crippen molar-refractivity contribution in [2.75, 3.05) is 39.3 Å². The van der Waals surface area contributed by atoms with Crippen LogP contribution in [-0.2, 0) is 9.53 Å². The van der Waals surface area contributed by atoms with Crippen molar-refractivity contribution in [3.05, 3.63) is 10.4 Å². The third kappa shape index (κ3) is 9.55. The average Bonchev–Trinajstić information content (AvgIpc) is 2.69. The van der Waals surface area contributed by atoms with E-state index in [0.717, 1.165) is 32.1 Å². The van der Waals surface area contributed by atoms with Crippen molar-refractivity contribution in [3.8, 4) is 0 Å². The Labute approximate surface area is 159 Å². The van der Waals surface area contributed by atoms with Crippen LogP contribution in [0.3, 0.4) is 0 Å². The van der Waals surface area contributed by atoms with Gasteiger partial charge in [-0.1, -0.05) is 24.9 Å². The van der Waals surface area contributed by atoms with E-state index in [1.165, 1.54) is 4.90 Å². The van der Waals surface area contributed by atoms with Gasteiger partial charge in [-0.2, -0.15) is 0 Å². The maximum absolute atomic E-state index is 12.2. The van der Waals surface area contributed by atoms with Gasteiger partial charge in [0, 0.05) is 44.1 Å². The van der Waals surface area contributed by atoms with E-state index >= 15 is 0 Å². The highest BCUT2D eigenvalue weighted by molar-refractivity contribution is 5.79. The average molecular weight is 383 g/mol. The van der Waals surface area contributed by atoms with E-state index in [0.29, 0.717) is 45.8 Å². The zero-order valence-electron chi connectivity index (χ0n) is 15.9. The number of nitrogens with one attached hydrogen (secondary N) is 2. The van der Waals surface area contributed by atoms with Crippen molar-refractivity contribution < 1.29 is 19.1 Å². The molecule has 0 radical (unpaired) electrons. The highest BCUT2D eigenvalue weighted by Crippen LogP contribution is 2.08. The van der Waals surface area contributed by atoms with Gasteiger partial charge >= 0.3 is 12.1 Å². The Morgan fingerprint density at radius 3 is 2.41 bits per heavy atom. The van der Waals surface area contributed by atoms with Crippen molar-refractivity contribution in [1.82, 2.24) is 20.7 Å². The molecule has 0 atom stereocenters. The molecule has 1 aliphatic rings. The van der Waals surface area contributed by atoms with Crippen molar-refractivity contribution in [2.45, 2.75) is 45.4 Å². The van der Waals surface area contributed by atoms with Crippen molar-refractivity contribution >= 4 is 18.0 Å². The monoisotopic (exact) mass is 383 g/mol. The van der Waals surface area contributed by atoms with Gasteiger partial charge in [-0.3, -0.25) is 4.79 Å². The molecule has 1 fully saturated rings. The first-order valence-corrected chi connectivity index (χ1v) is 9.34. The molecule has 0 spiro atoms. The van der Waals surface area contributed by atoms with Crippen LogP contribution in [0.4, 0.5) is 9.59 Å². The summed E-state index contributed by atoms with van der Waals surface area (Å²) in [5, 5.41) is 3.46. The smallest absolute Gasteiger partial charge is 0.426 e. The number of carbonyl (C=O) groups excluding carboxylic acids is 3. The number of unbranched alkanes of at least 4 members (excludes halogenated alkanes) is 3. The molecule has 0 bridgehead atoms. The maximum atomic E-state index is 12.2. The lowest BCUT2D eigenvalue weighted by molar-refractivity contribution is -0.132. The lowest BCUT2D eigenvalue weighted by Crippen LogP contribution is -2.56. The molecule has 11 heteroatoms. The lowest BCUT2D eigenvalue weighted by Gasteiger charge is -2.34. The zero-order valence-corrected chi connectivity index (χ0v) is 15.9. The number of hydrogen-bond acceptors (Lipinski definition) is 5. The minimum Gasteiger partial charge on any atom is -0.448 e. The van der Waals surface area contributed by atoms with E-state index in [9.17, 15) is 14.4 Å². The third-order valence-electron chi connectivity index (χ3n) is 4.13. The normalized spacial score (nSPS) is 13.5. The van der Waals surface area contributed by atoms with Crippen molar-refractivity contribution in [2.24, 2.45) is 5.11 Å². The Balaban J connectivity index is 2.17. The molecule has 11 nitrogen and oxygen atoms in total. The van der Waals surface area contributed by atoms with Gasteiger partial charge in [-0.05, 0) is 24.8 Å². The summed E-state index contributed by atoms with van der Waals surface area (Å²) in [5.41, 5.74) is 12.7. The molecule has 1 saturated heterocycles. The summed E-state index contributed by atoms with van der Waals surface area (Å²) in [4.78, 5) is 41.5. The van der Waals surface area contributed by atoms with Gasteiger partial charge in [-0.25, -0.2) is 20.4 Å². The van der Waals surface area contributed by atoms with Crippen LogP contribution in [0.2, 0.25) is 0 Å². The van der Waals surface area contributed by atoms with Crippen LogP contribution in [-0.4, -0.2) is 67.2 Å². The van der Waals surface area contributed by atoms with Gasteiger partial charge in [-0.15, -0.1) is 0 Å². The summed E-state index contributed by atoms with van der Waals surface area (Å²) < 4.78 is 4.88. The molecular formula is C16H29N7O4. The fraction of sp³-hybridized carbons (Fsp3) is 0.812. The molecule has 0 aliphatic carbocycles. The van der Waals surface area contributed by atoms with E-state index in [-0.39, 0.29) is 5.91 Å². The molecule has 27 heavy (non-hydrogen) atoms. The van der Waals surface area contributed by atoms with Crippen LogP contribution in [0, 0.1) is 0 Å². The standard InChI is InChI=1S/C16H29N7O4/c1-2-3-13-27-16(26)20-19-15(25)23-11-9-22(10-12-23)14(24)7-5-4-6-8-18-21-17/h2-13H2,1H3,(H,19,25)(H,20,26). The Morgan fingerprint density at radius 1 is 1.04 bits per heavy atom. The fourth-order valence-electron chi connectivity index (χ4n) is 2.53. The molecule has 0 aromatic heterocycles. The summed E-state index contributed by atoms with van der Waals surface area (Å²) in [7, 11) is 0. The Kier molecular flexibility index (Phi) is 11.2. The predicted molar refractivity (Wildman–Crippen MR) is 98.6 cm³/mol. The molecule has 1 aliphatic heterocycles. The first kappa shape index (κ1) is 22.4. The zero-order chi connectivity index (χ0) is 19.9. The largest absolute Gasteiger partial charge is 0.448 e. The third-order valence-corrected chi connectivity index (χ3v) is 4.13. The molecule has 1 heterocycles. The Hall–Kier alpha value is -2.68. The minimum absolute atomic E-state index is 0.0662. The molecular weight excluding hydrogens is 354 g/mol. The van der Waals surface area contributed by atoms with Gasteiger partial charge in [0.05, 0.1) is 6.61 Å². The maximum Gasteiger partial charge on any atom is 0.426 e. The molecule has 0 aromatic carbocycles. The Morgan fingerprint density at radius 2 is 1.74 bits per heavy atom. The van der Waals surface area contributed by atoms with Crippen LogP contribution >= 0.6 is 0 Å². The van der Waals surface area contributed by atoms with Gasteiger partial charge in [0.1, 0.15) is 0 Å². The van der Waals surface area contributed by atoms with E-state index in [2.05, 4.69) is 20.9 Å². The number of ether oxygens (including phenoxy) is 1. The Bertz CT molecular complexity index is 529. The second-order valence-corrected chi connectivity index (χ2v) is 6.18. The van der Waals surface area contributed by atoms with Crippen LogP contribution in [0.5, 0.6) is 0 Å². The molecule has 1 rings (SSSR count). The summed E-state index contributed by atoms with van der Waals surface area (Å²) in [6.07, 6.45) is 3.82. The van der Waals surface area contributed by atoms with Crippen LogP contribution in [0.1, 0.15) is 45.4 Å². The highest BCUT2D eigenvalue weighted by atomic mass is 16.6. The molecule has 0 unspecified atom stereocenters. The number of hydrazine groups is 1. The fourth-order valence-corrected chi connectivity index (χ4v) is 2.53. The van der Waals surface area contributed by atoms with Gasteiger partial charge in [0.2, 0.25) is 5.91 Å². The van der Waals surface area contributed by atoms with E-state index in [4.69, 9.17) is 10.3 Å². The quantitative estimate of drug-likeness (QED) is 0.207. The summed E-state index contributed by atoms with van der Waals surface area (Å²) in [6.45, 7) is 4.49. The van der Waals surface area contributed by atoms with Crippen molar-refractivity contribution in [3.63, 3.8) is 0 Å². The summed E-state index contributed by atoms with van der Waals surface area (Å²) in [6, 6.07) is -0.424. The molecule has 0 saturated carbocycles. The number of urea groups is 1. The first-order valence-electron chi connectivity index (χ1n) is 9.34. The number of piperazine rings is 1. The SMILES string of the molecule is CCCCOC(=O)NNC(=O)N1CCN(C(=O)CCCCCN=[N+]=[N-])CC1. The van der Waals surface area contributed by atoms with Gasteiger partial charge < -0.3 is 14.5 Å². The van der Waals surface area contributed by atoms with Crippen LogP contribution in [0.25, 0.3) is 10.4 Å². The first-order chi connectivity index (χ1) is 13.1. The molecule has 152 valence electrons. The highest BCUT2D eigenvalue weighted by Gasteiger charge is 2.24. The second-order valence-electron chi connectivity index (χ2n) is 6.18. The van der Waals surface area contributed by atoms with E-state index in [1.807, 2.05) is 6.92 Å². The number of hydrogen-bond donors (Lipinski definition) is 2. The summed E-state index contributed by atoms with van der Waals surface area (Å²) in [5.74, 6) is 0.0662. The molecule has 4 amide bonds. The van der Waals surface area contributed by atoms with Crippen LogP contribution in [0.15, 0.2) is 5.11 Å². The summed E-state index contributed by atoms with van der Waals surface area (Å²) >= 11 is 0. The van der Waals surface area contributed by atoms with E-state index < -0.39 is 12.1 Å². The molecule has 2 N–H and O–H groups in total. The predicted octanol–water partition coefficient (Wildman–Crippen LogP) is 2.15. The minimum atomic E-state index is -0.689. The second kappa shape index (κ2) is 13.5. The number of carbonyl (C=O) groups is 3. The number of nitrogens with zero attached hydrogens (tertiary/aromatic N) is 5. The number of rotatable bonds is 9. The topological polar surface area (TPSA) is 140 Å². The van der Waals surface area contributed by atoms with Gasteiger partial charge in [0.25, 0.3) is 0 Å². The van der Waals surface area contributed by atoms with Gasteiger partial charge in [0.15, 0.2) is 0 Å². The lowest BCUT2D eigenvalue weighted by atomic mass is 10.1. The van der Waals surface area contributed by atoms with Crippen LogP contribution < -0.4 is 10.9 Å². The van der Waals surface area contributed by atoms with Crippen molar-refractivity contribution in [1.29, 1.82) is 0 Å². The van der Waals surface area contributed by atoms with E-state index in [1.54, 1.807) is 4.90 Å².